The number of para-hydroxylation sites is 1. The van der Waals surface area contributed by atoms with E-state index in [1.165, 1.54) is 0 Å². The lowest BCUT2D eigenvalue weighted by molar-refractivity contribution is 0.473. The predicted molar refractivity (Wildman–Crippen MR) is 41.3 cm³/mol. The van der Waals surface area contributed by atoms with Crippen molar-refractivity contribution in [2.24, 2.45) is 5.73 Å². The molecule has 52 valence electrons. The Labute approximate surface area is 59.6 Å². The molecule has 2 heteroatoms. The molecule has 0 radical (unpaired) electrons. The van der Waals surface area contributed by atoms with Crippen LogP contribution in [0.15, 0.2) is 30.8 Å². The van der Waals surface area contributed by atoms with Gasteiger partial charge in [-0.3, -0.25) is 0 Å². The van der Waals surface area contributed by atoms with Gasteiger partial charge < -0.3 is 10.8 Å². The molecule has 0 amide bonds. The smallest absolute Gasteiger partial charge is 0.124 e. The van der Waals surface area contributed by atoms with E-state index in [4.69, 9.17) is 10.8 Å². The van der Waals surface area contributed by atoms with Gasteiger partial charge in [-0.1, -0.05) is 18.7 Å². The Kier molecular flexibility index (Phi) is 1.63. The molecular formula is C8H9NO. The Hall–Kier alpha value is -1.44. The highest BCUT2D eigenvalue weighted by molar-refractivity contribution is 5.65. The molecule has 0 unspecified atom stereocenters. The summed E-state index contributed by atoms with van der Waals surface area (Å²) in [6.45, 7) is 3.50. The van der Waals surface area contributed by atoms with E-state index in [2.05, 4.69) is 6.58 Å². The average Bonchev–Trinajstić information content (AvgIpc) is 1.88. The molecule has 0 aliphatic carbocycles. The Morgan fingerprint density at radius 2 is 2.00 bits per heavy atom. The van der Waals surface area contributed by atoms with Crippen molar-refractivity contribution in [1.82, 2.24) is 0 Å². The monoisotopic (exact) mass is 135 g/mol. The van der Waals surface area contributed by atoms with Gasteiger partial charge in [0, 0.05) is 11.3 Å². The highest BCUT2D eigenvalue weighted by atomic mass is 16.3. The molecule has 0 saturated heterocycles. The third-order valence-corrected chi connectivity index (χ3v) is 1.25. The van der Waals surface area contributed by atoms with E-state index in [1.807, 2.05) is 0 Å². The minimum Gasteiger partial charge on any atom is -0.507 e. The summed E-state index contributed by atoms with van der Waals surface area (Å²) < 4.78 is 0. The summed E-state index contributed by atoms with van der Waals surface area (Å²) in [5.41, 5.74) is 6.35. The Bertz CT molecular complexity index is 255. The highest BCUT2D eigenvalue weighted by Crippen LogP contribution is 2.19. The van der Waals surface area contributed by atoms with Crippen LogP contribution >= 0.6 is 0 Å². The fraction of sp³-hybridized carbons (Fsp3) is 0. The topological polar surface area (TPSA) is 46.2 Å². The van der Waals surface area contributed by atoms with Gasteiger partial charge in [0.05, 0.1) is 0 Å². The van der Waals surface area contributed by atoms with Gasteiger partial charge in [-0.25, -0.2) is 0 Å². The molecule has 2 nitrogen and oxygen atoms in total. The number of hydrogen-bond acceptors (Lipinski definition) is 2. The summed E-state index contributed by atoms with van der Waals surface area (Å²) in [6, 6.07) is 6.83. The molecule has 0 aliphatic heterocycles. The first-order valence-electron chi connectivity index (χ1n) is 2.94. The first-order chi connectivity index (χ1) is 4.72. The lowest BCUT2D eigenvalue weighted by Crippen LogP contribution is -1.93. The van der Waals surface area contributed by atoms with Crippen LogP contribution in [0.4, 0.5) is 0 Å². The van der Waals surface area contributed by atoms with E-state index in [0.717, 1.165) is 0 Å². The third-order valence-electron chi connectivity index (χ3n) is 1.25. The maximum Gasteiger partial charge on any atom is 0.124 e. The van der Waals surface area contributed by atoms with Gasteiger partial charge in [-0.05, 0) is 12.1 Å². The quantitative estimate of drug-likeness (QED) is 0.610. The van der Waals surface area contributed by atoms with Gasteiger partial charge in [0.2, 0.25) is 0 Å². The molecule has 0 aliphatic rings. The molecule has 1 aromatic carbocycles. The van der Waals surface area contributed by atoms with E-state index < -0.39 is 0 Å². The largest absolute Gasteiger partial charge is 0.507 e. The van der Waals surface area contributed by atoms with Gasteiger partial charge in [0.1, 0.15) is 5.75 Å². The number of rotatable bonds is 1. The molecule has 1 aromatic rings. The van der Waals surface area contributed by atoms with Crippen molar-refractivity contribution in [2.45, 2.75) is 0 Å². The standard InChI is InChI=1S/C8H9NO/c1-6(9)7-4-2-3-5-8(7)10/h2-5,10H,1,9H2. The lowest BCUT2D eigenvalue weighted by atomic mass is 10.1. The summed E-state index contributed by atoms with van der Waals surface area (Å²) in [6.07, 6.45) is 0. The Morgan fingerprint density at radius 1 is 1.40 bits per heavy atom. The summed E-state index contributed by atoms with van der Waals surface area (Å²) in [4.78, 5) is 0. The molecule has 0 bridgehead atoms. The second-order valence-corrected chi connectivity index (χ2v) is 2.04. The van der Waals surface area contributed by atoms with E-state index in [1.54, 1.807) is 24.3 Å². The van der Waals surface area contributed by atoms with Crippen LogP contribution in [0.3, 0.4) is 0 Å². The van der Waals surface area contributed by atoms with Crippen LogP contribution in [0.1, 0.15) is 5.56 Å². The highest BCUT2D eigenvalue weighted by Gasteiger charge is 1.97. The van der Waals surface area contributed by atoms with Gasteiger partial charge in [0.15, 0.2) is 0 Å². The molecule has 0 fully saturated rings. The molecule has 0 heterocycles. The number of aromatic hydroxyl groups is 1. The Morgan fingerprint density at radius 3 is 2.40 bits per heavy atom. The van der Waals surface area contributed by atoms with Crippen molar-refractivity contribution < 1.29 is 5.11 Å². The fourth-order valence-electron chi connectivity index (χ4n) is 0.745. The minimum absolute atomic E-state index is 0.176. The summed E-state index contributed by atoms with van der Waals surface area (Å²) in [7, 11) is 0. The normalized spacial score (nSPS) is 9.20. The van der Waals surface area contributed by atoms with Crippen molar-refractivity contribution in [2.75, 3.05) is 0 Å². The van der Waals surface area contributed by atoms with Crippen LogP contribution in [-0.2, 0) is 0 Å². The first-order valence-corrected chi connectivity index (χ1v) is 2.94. The molecule has 0 atom stereocenters. The van der Waals surface area contributed by atoms with Gasteiger partial charge in [-0.15, -0.1) is 0 Å². The van der Waals surface area contributed by atoms with Crippen LogP contribution in [0.2, 0.25) is 0 Å². The zero-order valence-electron chi connectivity index (χ0n) is 5.54. The third kappa shape index (κ3) is 1.10. The molecule has 10 heavy (non-hydrogen) atoms. The average molecular weight is 135 g/mol. The molecular weight excluding hydrogens is 126 g/mol. The van der Waals surface area contributed by atoms with Crippen LogP contribution in [-0.4, -0.2) is 5.11 Å². The molecule has 3 N–H and O–H groups in total. The van der Waals surface area contributed by atoms with Crippen LogP contribution < -0.4 is 5.73 Å². The predicted octanol–water partition coefficient (Wildman–Crippen LogP) is 1.32. The molecule has 0 spiro atoms. The van der Waals surface area contributed by atoms with E-state index >= 15 is 0 Å². The first kappa shape index (κ1) is 6.68. The number of hydrogen-bond donors (Lipinski definition) is 2. The van der Waals surface area contributed by atoms with Crippen molar-refractivity contribution >= 4 is 5.70 Å². The summed E-state index contributed by atoms with van der Waals surface area (Å²) in [5.74, 6) is 0.176. The summed E-state index contributed by atoms with van der Waals surface area (Å²) >= 11 is 0. The van der Waals surface area contributed by atoms with Crippen molar-refractivity contribution in [3.05, 3.63) is 36.4 Å². The van der Waals surface area contributed by atoms with E-state index in [0.29, 0.717) is 11.3 Å². The number of phenolic OH excluding ortho intramolecular Hbond substituents is 1. The number of phenols is 1. The van der Waals surface area contributed by atoms with Crippen LogP contribution in [0.25, 0.3) is 5.70 Å². The van der Waals surface area contributed by atoms with Crippen molar-refractivity contribution in [3.63, 3.8) is 0 Å². The molecule has 1 rings (SSSR count). The van der Waals surface area contributed by atoms with Crippen LogP contribution in [0, 0.1) is 0 Å². The number of nitrogens with two attached hydrogens (primary N) is 1. The van der Waals surface area contributed by atoms with Gasteiger partial charge in [0.25, 0.3) is 0 Å². The Balaban J connectivity index is 3.15. The lowest BCUT2D eigenvalue weighted by Gasteiger charge is -2.00. The zero-order valence-corrected chi connectivity index (χ0v) is 5.54. The van der Waals surface area contributed by atoms with E-state index in [9.17, 15) is 0 Å². The van der Waals surface area contributed by atoms with Crippen molar-refractivity contribution in [1.29, 1.82) is 0 Å². The maximum atomic E-state index is 9.14. The minimum atomic E-state index is 0.176. The van der Waals surface area contributed by atoms with Gasteiger partial charge in [-0.2, -0.15) is 0 Å². The number of benzene rings is 1. The fourth-order valence-corrected chi connectivity index (χ4v) is 0.745. The second kappa shape index (κ2) is 2.43. The summed E-state index contributed by atoms with van der Waals surface area (Å²) in [5, 5.41) is 9.14. The van der Waals surface area contributed by atoms with E-state index in [-0.39, 0.29) is 5.75 Å². The van der Waals surface area contributed by atoms with Gasteiger partial charge >= 0.3 is 0 Å². The zero-order chi connectivity index (χ0) is 7.56. The second-order valence-electron chi connectivity index (χ2n) is 2.04. The molecule has 0 saturated carbocycles. The molecule has 0 aromatic heterocycles. The van der Waals surface area contributed by atoms with Crippen LogP contribution in [0.5, 0.6) is 5.75 Å². The maximum absolute atomic E-state index is 9.14. The SMILES string of the molecule is C=C(N)c1ccccc1O. The van der Waals surface area contributed by atoms with Crippen molar-refractivity contribution in [3.8, 4) is 5.75 Å².